The lowest BCUT2D eigenvalue weighted by Crippen LogP contribution is -2.65. The zero-order valence-corrected chi connectivity index (χ0v) is 13.5. The minimum atomic E-state index is 0.338. The van der Waals surface area contributed by atoms with Crippen molar-refractivity contribution >= 4 is 0 Å². The molecule has 0 aromatic rings. The summed E-state index contributed by atoms with van der Waals surface area (Å²) in [4.78, 5) is 2.88. The highest BCUT2D eigenvalue weighted by molar-refractivity contribution is 4.97. The molecule has 4 unspecified atom stereocenters. The zero-order chi connectivity index (χ0) is 13.9. The third kappa shape index (κ3) is 3.52. The van der Waals surface area contributed by atoms with Gasteiger partial charge in [-0.15, -0.1) is 0 Å². The lowest BCUT2D eigenvalue weighted by molar-refractivity contribution is 0.0195. The molecule has 1 N–H and O–H groups in total. The molecule has 2 fully saturated rings. The van der Waals surface area contributed by atoms with Crippen LogP contribution in [0.2, 0.25) is 0 Å². The maximum absolute atomic E-state index is 3.80. The predicted octanol–water partition coefficient (Wildman–Crippen LogP) is 3.81. The van der Waals surface area contributed by atoms with Crippen LogP contribution in [0.15, 0.2) is 0 Å². The number of piperazine rings is 1. The van der Waals surface area contributed by atoms with Crippen molar-refractivity contribution in [2.75, 3.05) is 13.1 Å². The number of rotatable bonds is 4. The molecular formula is C17H34N2. The second kappa shape index (κ2) is 6.58. The van der Waals surface area contributed by atoms with Crippen LogP contribution in [0.3, 0.4) is 0 Å². The molecule has 4 atom stereocenters. The highest BCUT2D eigenvalue weighted by Crippen LogP contribution is 2.33. The summed E-state index contributed by atoms with van der Waals surface area (Å²) < 4.78 is 0. The van der Waals surface area contributed by atoms with Gasteiger partial charge in [-0.2, -0.15) is 0 Å². The third-order valence-electron chi connectivity index (χ3n) is 5.82. The Balaban J connectivity index is 2.05. The van der Waals surface area contributed by atoms with E-state index in [2.05, 4.69) is 37.9 Å². The Hall–Kier alpha value is -0.0800. The third-order valence-corrected chi connectivity index (χ3v) is 5.82. The summed E-state index contributed by atoms with van der Waals surface area (Å²) in [6.07, 6.45) is 9.72. The van der Waals surface area contributed by atoms with E-state index in [4.69, 9.17) is 0 Å². The second-order valence-electron chi connectivity index (χ2n) is 7.12. The molecular weight excluding hydrogens is 232 g/mol. The van der Waals surface area contributed by atoms with Crippen molar-refractivity contribution < 1.29 is 0 Å². The second-order valence-corrected chi connectivity index (χ2v) is 7.12. The van der Waals surface area contributed by atoms with Gasteiger partial charge in [0.1, 0.15) is 0 Å². The first-order valence-corrected chi connectivity index (χ1v) is 8.62. The molecule has 2 nitrogen and oxygen atoms in total. The van der Waals surface area contributed by atoms with Gasteiger partial charge in [-0.3, -0.25) is 4.90 Å². The lowest BCUT2D eigenvalue weighted by Gasteiger charge is -2.50. The fourth-order valence-corrected chi connectivity index (χ4v) is 4.05. The predicted molar refractivity (Wildman–Crippen MR) is 83.5 cm³/mol. The van der Waals surface area contributed by atoms with Crippen molar-refractivity contribution in [3.8, 4) is 0 Å². The maximum Gasteiger partial charge on any atom is 0.0278 e. The van der Waals surface area contributed by atoms with Crippen molar-refractivity contribution in [1.29, 1.82) is 0 Å². The number of nitrogens with zero attached hydrogens (tertiary/aromatic N) is 1. The van der Waals surface area contributed by atoms with E-state index in [1.54, 1.807) is 0 Å². The Labute approximate surface area is 120 Å². The molecule has 0 aromatic heterocycles. The zero-order valence-electron chi connectivity index (χ0n) is 13.5. The smallest absolute Gasteiger partial charge is 0.0278 e. The van der Waals surface area contributed by atoms with Crippen molar-refractivity contribution in [2.24, 2.45) is 5.92 Å². The SMILES string of the molecule is CCC1CCCC(N2CC(C)(CC)NCC2CC)C1. The van der Waals surface area contributed by atoms with Gasteiger partial charge in [0, 0.05) is 30.7 Å². The van der Waals surface area contributed by atoms with Crippen LogP contribution in [0, 0.1) is 5.92 Å². The average Bonchev–Trinajstić information content (AvgIpc) is 2.47. The summed E-state index contributed by atoms with van der Waals surface area (Å²) in [5, 5.41) is 3.80. The molecule has 1 aliphatic carbocycles. The fraction of sp³-hybridized carbons (Fsp3) is 1.00. The standard InChI is InChI=1S/C17H34N2/c1-5-14-9-8-10-16(11-14)19-13-17(4,7-3)18-12-15(19)6-2/h14-16,18H,5-13H2,1-4H3. The van der Waals surface area contributed by atoms with E-state index in [0.29, 0.717) is 5.54 Å². The van der Waals surface area contributed by atoms with Gasteiger partial charge in [0.2, 0.25) is 0 Å². The van der Waals surface area contributed by atoms with E-state index >= 15 is 0 Å². The Morgan fingerprint density at radius 3 is 2.58 bits per heavy atom. The van der Waals surface area contributed by atoms with Crippen LogP contribution < -0.4 is 5.32 Å². The molecule has 1 saturated heterocycles. The van der Waals surface area contributed by atoms with E-state index in [1.807, 2.05) is 0 Å². The summed E-state index contributed by atoms with van der Waals surface area (Å²) in [5.74, 6) is 0.985. The molecule has 19 heavy (non-hydrogen) atoms. The molecule has 0 radical (unpaired) electrons. The first-order valence-electron chi connectivity index (χ1n) is 8.62. The van der Waals surface area contributed by atoms with Crippen LogP contribution in [0.25, 0.3) is 0 Å². The van der Waals surface area contributed by atoms with Gasteiger partial charge in [0.25, 0.3) is 0 Å². The van der Waals surface area contributed by atoms with Crippen molar-refractivity contribution in [3.63, 3.8) is 0 Å². The van der Waals surface area contributed by atoms with E-state index in [1.165, 1.54) is 58.0 Å². The number of hydrogen-bond acceptors (Lipinski definition) is 2. The minimum Gasteiger partial charge on any atom is -0.309 e. The van der Waals surface area contributed by atoms with Crippen LogP contribution in [0.1, 0.15) is 72.6 Å². The van der Waals surface area contributed by atoms with Gasteiger partial charge < -0.3 is 5.32 Å². The van der Waals surface area contributed by atoms with Crippen LogP contribution in [-0.4, -0.2) is 35.6 Å². The van der Waals surface area contributed by atoms with Crippen molar-refractivity contribution in [1.82, 2.24) is 10.2 Å². The van der Waals surface area contributed by atoms with Crippen molar-refractivity contribution in [3.05, 3.63) is 0 Å². The van der Waals surface area contributed by atoms with E-state index in [-0.39, 0.29) is 0 Å². The minimum absolute atomic E-state index is 0.338. The quantitative estimate of drug-likeness (QED) is 0.832. The lowest BCUT2D eigenvalue weighted by atomic mass is 9.81. The Morgan fingerprint density at radius 1 is 1.16 bits per heavy atom. The summed E-state index contributed by atoms with van der Waals surface area (Å²) in [6, 6.07) is 1.62. The number of nitrogens with one attached hydrogen (secondary N) is 1. The fourth-order valence-electron chi connectivity index (χ4n) is 4.05. The molecule has 0 bridgehead atoms. The van der Waals surface area contributed by atoms with E-state index < -0.39 is 0 Å². The topological polar surface area (TPSA) is 15.3 Å². The summed E-state index contributed by atoms with van der Waals surface area (Å²) in [5.41, 5.74) is 0.338. The Bertz CT molecular complexity index is 278. The number of hydrogen-bond donors (Lipinski definition) is 1. The Kier molecular flexibility index (Phi) is 5.30. The van der Waals surface area contributed by atoms with E-state index in [9.17, 15) is 0 Å². The molecule has 2 rings (SSSR count). The summed E-state index contributed by atoms with van der Waals surface area (Å²) in [6.45, 7) is 11.9. The van der Waals surface area contributed by atoms with E-state index in [0.717, 1.165) is 18.0 Å². The van der Waals surface area contributed by atoms with Gasteiger partial charge >= 0.3 is 0 Å². The highest BCUT2D eigenvalue weighted by Gasteiger charge is 2.38. The van der Waals surface area contributed by atoms with Crippen LogP contribution in [0.5, 0.6) is 0 Å². The molecule has 1 heterocycles. The largest absolute Gasteiger partial charge is 0.309 e. The molecule has 0 amide bonds. The summed E-state index contributed by atoms with van der Waals surface area (Å²) >= 11 is 0. The maximum atomic E-state index is 3.80. The molecule has 1 saturated carbocycles. The van der Waals surface area contributed by atoms with Crippen LogP contribution in [0.4, 0.5) is 0 Å². The van der Waals surface area contributed by atoms with Gasteiger partial charge in [-0.25, -0.2) is 0 Å². The molecule has 0 spiro atoms. The molecule has 0 aromatic carbocycles. The highest BCUT2D eigenvalue weighted by atomic mass is 15.3. The first kappa shape index (κ1) is 15.3. The van der Waals surface area contributed by atoms with Crippen LogP contribution >= 0.6 is 0 Å². The Morgan fingerprint density at radius 2 is 1.95 bits per heavy atom. The first-order chi connectivity index (χ1) is 9.11. The van der Waals surface area contributed by atoms with Gasteiger partial charge in [-0.05, 0) is 38.5 Å². The average molecular weight is 266 g/mol. The van der Waals surface area contributed by atoms with Crippen molar-refractivity contribution in [2.45, 2.75) is 90.3 Å². The van der Waals surface area contributed by atoms with Gasteiger partial charge in [0.05, 0.1) is 0 Å². The molecule has 112 valence electrons. The van der Waals surface area contributed by atoms with Crippen LogP contribution in [-0.2, 0) is 0 Å². The normalized spacial score (nSPS) is 41.4. The van der Waals surface area contributed by atoms with Gasteiger partial charge in [0.15, 0.2) is 0 Å². The monoisotopic (exact) mass is 266 g/mol. The molecule has 2 aliphatic rings. The summed E-state index contributed by atoms with van der Waals surface area (Å²) in [7, 11) is 0. The molecule has 2 heteroatoms. The van der Waals surface area contributed by atoms with Gasteiger partial charge in [-0.1, -0.05) is 40.0 Å². The molecule has 1 aliphatic heterocycles.